The van der Waals surface area contributed by atoms with Gasteiger partial charge < -0.3 is 14.5 Å². The number of piperidine rings is 2. The fraction of sp³-hybridized carbons (Fsp3) is 0.476. The van der Waals surface area contributed by atoms with Crippen LogP contribution in [0, 0.1) is 0 Å². The summed E-state index contributed by atoms with van der Waals surface area (Å²) in [4.78, 5) is 25.7. The molecule has 0 aliphatic carbocycles. The predicted molar refractivity (Wildman–Crippen MR) is 104 cm³/mol. The highest BCUT2D eigenvalue weighted by Crippen LogP contribution is 2.26. The summed E-state index contributed by atoms with van der Waals surface area (Å²) in [6.45, 7) is 3.42. The molecule has 2 aliphatic heterocycles. The number of carbonyl (C=O) groups excluding carboxylic acids is 1. The number of hydrogen-bond acceptors (Lipinski definition) is 5. The summed E-state index contributed by atoms with van der Waals surface area (Å²) in [7, 11) is 0. The van der Waals surface area contributed by atoms with Crippen LogP contribution in [0.5, 0.6) is 5.75 Å². The summed E-state index contributed by atoms with van der Waals surface area (Å²) >= 11 is 0. The number of benzene rings is 1. The number of nitrogens with zero attached hydrogens (tertiary/aromatic N) is 4. The fourth-order valence-electron chi connectivity index (χ4n) is 3.82. The van der Waals surface area contributed by atoms with Crippen molar-refractivity contribution in [3.63, 3.8) is 0 Å². The van der Waals surface area contributed by atoms with Crippen LogP contribution in [-0.2, 0) is 0 Å². The van der Waals surface area contributed by atoms with E-state index in [4.69, 9.17) is 4.74 Å². The Bertz CT molecular complexity index is 754. The third-order valence-electron chi connectivity index (χ3n) is 5.33. The first kappa shape index (κ1) is 17.8. The maximum absolute atomic E-state index is 12.9. The van der Waals surface area contributed by atoms with Gasteiger partial charge in [0.25, 0.3) is 5.91 Å². The number of anilines is 1. The lowest BCUT2D eigenvalue weighted by atomic mass is 10.1. The molecule has 3 heterocycles. The van der Waals surface area contributed by atoms with Gasteiger partial charge in [-0.05, 0) is 37.5 Å². The summed E-state index contributed by atoms with van der Waals surface area (Å²) in [5.41, 5.74) is 0.688. The van der Waals surface area contributed by atoms with E-state index in [9.17, 15) is 4.79 Å². The topological polar surface area (TPSA) is 58.6 Å². The van der Waals surface area contributed by atoms with E-state index >= 15 is 0 Å². The van der Waals surface area contributed by atoms with Crippen molar-refractivity contribution in [2.45, 2.75) is 38.2 Å². The average Bonchev–Trinajstić information content (AvgIpc) is 2.75. The Morgan fingerprint density at radius 2 is 1.63 bits per heavy atom. The van der Waals surface area contributed by atoms with Crippen LogP contribution >= 0.6 is 0 Å². The van der Waals surface area contributed by atoms with Crippen molar-refractivity contribution in [1.29, 1.82) is 0 Å². The van der Waals surface area contributed by atoms with Crippen molar-refractivity contribution in [3.8, 4) is 5.75 Å². The Morgan fingerprint density at radius 1 is 0.926 bits per heavy atom. The lowest BCUT2D eigenvalue weighted by Gasteiger charge is -2.33. The summed E-state index contributed by atoms with van der Waals surface area (Å²) < 4.78 is 6.27. The van der Waals surface area contributed by atoms with Gasteiger partial charge in [-0.3, -0.25) is 4.79 Å². The van der Waals surface area contributed by atoms with Gasteiger partial charge in [-0.25, -0.2) is 9.97 Å². The molecule has 2 saturated heterocycles. The van der Waals surface area contributed by atoms with Crippen molar-refractivity contribution in [2.75, 3.05) is 31.1 Å². The van der Waals surface area contributed by atoms with Gasteiger partial charge in [0, 0.05) is 51.4 Å². The first-order valence-electron chi connectivity index (χ1n) is 9.88. The SMILES string of the molecule is O=C(c1ccccc1OC1CCN(c2ncccn2)CC1)N1CCCCC1. The van der Waals surface area contributed by atoms with Crippen LogP contribution in [0.2, 0.25) is 0 Å². The summed E-state index contributed by atoms with van der Waals surface area (Å²) in [6, 6.07) is 9.49. The molecule has 27 heavy (non-hydrogen) atoms. The number of ether oxygens (including phenoxy) is 1. The molecule has 2 aliphatic rings. The highest BCUT2D eigenvalue weighted by molar-refractivity contribution is 5.97. The van der Waals surface area contributed by atoms with Crippen LogP contribution in [-0.4, -0.2) is 53.1 Å². The van der Waals surface area contributed by atoms with Gasteiger partial charge in [-0.2, -0.15) is 0 Å². The zero-order valence-electron chi connectivity index (χ0n) is 15.6. The van der Waals surface area contributed by atoms with Crippen LogP contribution in [0.25, 0.3) is 0 Å². The molecule has 0 atom stereocenters. The Morgan fingerprint density at radius 3 is 2.37 bits per heavy atom. The van der Waals surface area contributed by atoms with E-state index in [2.05, 4.69) is 14.9 Å². The Balaban J connectivity index is 1.39. The van der Waals surface area contributed by atoms with Gasteiger partial charge in [0.2, 0.25) is 5.95 Å². The van der Waals surface area contributed by atoms with E-state index in [1.165, 1.54) is 6.42 Å². The number of likely N-dealkylation sites (tertiary alicyclic amines) is 1. The summed E-state index contributed by atoms with van der Waals surface area (Å²) in [6.07, 6.45) is 8.84. The molecule has 0 N–H and O–H groups in total. The zero-order chi connectivity index (χ0) is 18.5. The minimum Gasteiger partial charge on any atom is -0.489 e. The van der Waals surface area contributed by atoms with E-state index in [1.54, 1.807) is 12.4 Å². The maximum atomic E-state index is 12.9. The number of para-hydroxylation sites is 1. The van der Waals surface area contributed by atoms with Gasteiger partial charge in [-0.15, -0.1) is 0 Å². The van der Waals surface area contributed by atoms with Crippen molar-refractivity contribution in [1.82, 2.24) is 14.9 Å². The normalized spacial score (nSPS) is 18.4. The number of rotatable bonds is 4. The molecule has 2 fully saturated rings. The second-order valence-electron chi connectivity index (χ2n) is 7.20. The molecule has 0 unspecified atom stereocenters. The molecule has 0 bridgehead atoms. The Kier molecular flexibility index (Phi) is 5.51. The van der Waals surface area contributed by atoms with Crippen LogP contribution in [0.4, 0.5) is 5.95 Å². The molecule has 4 rings (SSSR count). The number of amides is 1. The molecule has 0 saturated carbocycles. The molecule has 6 heteroatoms. The van der Waals surface area contributed by atoms with Gasteiger partial charge in [0.15, 0.2) is 0 Å². The van der Waals surface area contributed by atoms with E-state index < -0.39 is 0 Å². The molecular weight excluding hydrogens is 340 g/mol. The lowest BCUT2D eigenvalue weighted by Crippen LogP contribution is -2.39. The monoisotopic (exact) mass is 366 g/mol. The van der Waals surface area contributed by atoms with E-state index in [1.807, 2.05) is 35.2 Å². The van der Waals surface area contributed by atoms with E-state index in [0.29, 0.717) is 11.3 Å². The molecular formula is C21H26N4O2. The van der Waals surface area contributed by atoms with Crippen LogP contribution in [0.15, 0.2) is 42.7 Å². The predicted octanol–water partition coefficient (Wildman–Crippen LogP) is 3.15. The van der Waals surface area contributed by atoms with Crippen LogP contribution < -0.4 is 9.64 Å². The molecule has 1 aromatic heterocycles. The average molecular weight is 366 g/mol. The molecule has 1 amide bonds. The molecule has 6 nitrogen and oxygen atoms in total. The van der Waals surface area contributed by atoms with Gasteiger partial charge in [-0.1, -0.05) is 12.1 Å². The zero-order valence-corrected chi connectivity index (χ0v) is 15.6. The third-order valence-corrected chi connectivity index (χ3v) is 5.33. The summed E-state index contributed by atoms with van der Waals surface area (Å²) in [5, 5.41) is 0. The smallest absolute Gasteiger partial charge is 0.257 e. The quantitative estimate of drug-likeness (QED) is 0.832. The largest absolute Gasteiger partial charge is 0.489 e. The molecule has 1 aromatic carbocycles. The van der Waals surface area contributed by atoms with Crippen LogP contribution in [0.1, 0.15) is 42.5 Å². The maximum Gasteiger partial charge on any atom is 0.257 e. The van der Waals surface area contributed by atoms with Gasteiger partial charge in [0.1, 0.15) is 11.9 Å². The molecule has 2 aromatic rings. The second-order valence-corrected chi connectivity index (χ2v) is 7.20. The van der Waals surface area contributed by atoms with Crippen molar-refractivity contribution in [3.05, 3.63) is 48.3 Å². The first-order chi connectivity index (χ1) is 13.3. The Hall–Kier alpha value is -2.63. The number of aromatic nitrogens is 2. The third kappa shape index (κ3) is 4.21. The first-order valence-corrected chi connectivity index (χ1v) is 9.88. The highest BCUT2D eigenvalue weighted by atomic mass is 16.5. The second kappa shape index (κ2) is 8.37. The summed E-state index contributed by atoms with van der Waals surface area (Å²) in [5.74, 6) is 1.58. The van der Waals surface area contributed by atoms with Crippen molar-refractivity contribution in [2.24, 2.45) is 0 Å². The van der Waals surface area contributed by atoms with Crippen molar-refractivity contribution >= 4 is 11.9 Å². The standard InChI is InChI=1S/C21H26N4O2/c26-20(24-13-4-1-5-14-24)18-7-2-3-8-19(18)27-17-9-15-25(16-10-17)21-22-11-6-12-23-21/h2-3,6-8,11-12,17H,1,4-5,9-10,13-16H2. The lowest BCUT2D eigenvalue weighted by molar-refractivity contribution is 0.0715. The highest BCUT2D eigenvalue weighted by Gasteiger charge is 2.25. The van der Waals surface area contributed by atoms with E-state index in [-0.39, 0.29) is 12.0 Å². The number of hydrogen-bond donors (Lipinski definition) is 0. The van der Waals surface area contributed by atoms with Gasteiger partial charge >= 0.3 is 0 Å². The van der Waals surface area contributed by atoms with Crippen LogP contribution in [0.3, 0.4) is 0 Å². The van der Waals surface area contributed by atoms with Gasteiger partial charge in [0.05, 0.1) is 5.56 Å². The minimum absolute atomic E-state index is 0.0976. The Labute approximate surface area is 160 Å². The minimum atomic E-state index is 0.0976. The molecule has 0 radical (unpaired) electrons. The van der Waals surface area contributed by atoms with Crippen molar-refractivity contribution < 1.29 is 9.53 Å². The number of carbonyl (C=O) groups is 1. The molecule has 0 spiro atoms. The fourth-order valence-corrected chi connectivity index (χ4v) is 3.82. The molecule has 142 valence electrons. The van der Waals surface area contributed by atoms with E-state index in [0.717, 1.165) is 57.8 Å².